The van der Waals surface area contributed by atoms with Crippen molar-refractivity contribution in [3.63, 3.8) is 0 Å². The molecule has 0 bridgehead atoms. The molecule has 1 unspecified atom stereocenters. The highest BCUT2D eigenvalue weighted by molar-refractivity contribution is 5.43. The highest BCUT2D eigenvalue weighted by Gasteiger charge is 2.11. The molecule has 0 saturated carbocycles. The van der Waals surface area contributed by atoms with Crippen LogP contribution in [0.5, 0.6) is 11.5 Å². The Kier molecular flexibility index (Phi) is 7.27. The number of benzene rings is 2. The monoisotopic (exact) mass is 340 g/mol. The van der Waals surface area contributed by atoms with Crippen molar-refractivity contribution in [1.82, 2.24) is 5.32 Å². The molecule has 132 valence electrons. The first-order chi connectivity index (χ1) is 12.2. The summed E-state index contributed by atoms with van der Waals surface area (Å²) < 4.78 is 16.1. The summed E-state index contributed by atoms with van der Waals surface area (Å²) in [6.07, 6.45) is 0. The fraction of sp³-hybridized carbons (Fsp3) is 0.350. The third-order valence-electron chi connectivity index (χ3n) is 3.90. The summed E-state index contributed by atoms with van der Waals surface area (Å²) in [5.41, 5.74) is 2.86. The first kappa shape index (κ1) is 18.8. The van der Waals surface area contributed by atoms with E-state index in [-0.39, 0.29) is 6.04 Å². The Labute approximate surface area is 149 Å². The minimum Gasteiger partial charge on any atom is -0.493 e. The standard InChI is InChI=1S/C20H24N2O3/c1-15(22-14-17-6-4-5-16(11-17)13-21)18-7-8-19(20(12-18)24-3)25-10-9-23-2/h4-8,11-12,15,22H,9-10,14H2,1-3H3. The molecule has 1 atom stereocenters. The van der Waals surface area contributed by atoms with Crippen molar-refractivity contribution in [3.8, 4) is 17.6 Å². The van der Waals surface area contributed by atoms with Crippen molar-refractivity contribution < 1.29 is 14.2 Å². The normalized spacial score (nSPS) is 11.6. The fourth-order valence-corrected chi connectivity index (χ4v) is 2.45. The molecule has 0 aliphatic rings. The first-order valence-corrected chi connectivity index (χ1v) is 8.20. The molecule has 0 radical (unpaired) electrons. The van der Waals surface area contributed by atoms with E-state index in [0.29, 0.717) is 36.8 Å². The molecule has 5 nitrogen and oxygen atoms in total. The van der Waals surface area contributed by atoms with Gasteiger partial charge in [0, 0.05) is 19.7 Å². The van der Waals surface area contributed by atoms with Crippen LogP contribution in [0.3, 0.4) is 0 Å². The minimum absolute atomic E-state index is 0.132. The third-order valence-corrected chi connectivity index (χ3v) is 3.90. The Balaban J connectivity index is 2.00. The number of methoxy groups -OCH3 is 2. The molecule has 0 aliphatic carbocycles. The smallest absolute Gasteiger partial charge is 0.161 e. The van der Waals surface area contributed by atoms with Crippen LogP contribution in [0, 0.1) is 11.3 Å². The van der Waals surface area contributed by atoms with Gasteiger partial charge in [0.05, 0.1) is 25.3 Å². The lowest BCUT2D eigenvalue weighted by molar-refractivity contribution is 0.144. The van der Waals surface area contributed by atoms with Crippen molar-refractivity contribution in [2.75, 3.05) is 27.4 Å². The van der Waals surface area contributed by atoms with Crippen LogP contribution in [0.15, 0.2) is 42.5 Å². The van der Waals surface area contributed by atoms with Gasteiger partial charge in [-0.05, 0) is 42.3 Å². The number of rotatable bonds is 9. The van der Waals surface area contributed by atoms with E-state index < -0.39 is 0 Å². The van der Waals surface area contributed by atoms with Gasteiger partial charge < -0.3 is 19.5 Å². The number of nitrogens with one attached hydrogen (secondary N) is 1. The van der Waals surface area contributed by atoms with Crippen LogP contribution in [0.2, 0.25) is 0 Å². The van der Waals surface area contributed by atoms with Gasteiger partial charge in [-0.2, -0.15) is 5.26 Å². The average Bonchev–Trinajstić information content (AvgIpc) is 2.66. The summed E-state index contributed by atoms with van der Waals surface area (Å²) in [4.78, 5) is 0. The summed E-state index contributed by atoms with van der Waals surface area (Å²) in [5.74, 6) is 1.41. The zero-order valence-corrected chi connectivity index (χ0v) is 14.9. The topological polar surface area (TPSA) is 63.5 Å². The van der Waals surface area contributed by atoms with E-state index in [2.05, 4.69) is 18.3 Å². The van der Waals surface area contributed by atoms with E-state index in [1.54, 1.807) is 20.3 Å². The lowest BCUT2D eigenvalue weighted by atomic mass is 10.1. The highest BCUT2D eigenvalue weighted by atomic mass is 16.5. The van der Waals surface area contributed by atoms with Crippen LogP contribution in [-0.2, 0) is 11.3 Å². The predicted octanol–water partition coefficient (Wildman–Crippen LogP) is 3.44. The molecular formula is C20H24N2O3. The van der Waals surface area contributed by atoms with E-state index in [4.69, 9.17) is 19.5 Å². The number of nitrogens with zero attached hydrogens (tertiary/aromatic N) is 1. The molecule has 5 heteroatoms. The molecule has 1 N–H and O–H groups in total. The minimum atomic E-state index is 0.132. The molecule has 0 spiro atoms. The lowest BCUT2D eigenvalue weighted by Gasteiger charge is -2.17. The summed E-state index contributed by atoms with van der Waals surface area (Å²) in [6, 6.07) is 15.8. The van der Waals surface area contributed by atoms with Crippen LogP contribution in [-0.4, -0.2) is 27.4 Å². The molecule has 2 rings (SSSR count). The Morgan fingerprint density at radius 2 is 1.92 bits per heavy atom. The van der Waals surface area contributed by atoms with Gasteiger partial charge >= 0.3 is 0 Å². The van der Waals surface area contributed by atoms with Gasteiger partial charge in [-0.3, -0.25) is 0 Å². The number of nitriles is 1. The van der Waals surface area contributed by atoms with Crippen LogP contribution in [0.4, 0.5) is 0 Å². The molecular weight excluding hydrogens is 316 g/mol. The van der Waals surface area contributed by atoms with Gasteiger partial charge in [0.1, 0.15) is 6.61 Å². The van der Waals surface area contributed by atoms with Crippen molar-refractivity contribution in [3.05, 3.63) is 59.2 Å². The molecule has 0 aliphatic heterocycles. The molecule has 0 amide bonds. The third kappa shape index (κ3) is 5.49. The van der Waals surface area contributed by atoms with Crippen LogP contribution in [0.25, 0.3) is 0 Å². The lowest BCUT2D eigenvalue weighted by Crippen LogP contribution is -2.18. The van der Waals surface area contributed by atoms with E-state index in [0.717, 1.165) is 11.1 Å². The Morgan fingerprint density at radius 3 is 2.64 bits per heavy atom. The Hall–Kier alpha value is -2.55. The highest BCUT2D eigenvalue weighted by Crippen LogP contribution is 2.30. The Morgan fingerprint density at radius 1 is 1.08 bits per heavy atom. The molecule has 0 saturated heterocycles. The SMILES string of the molecule is COCCOc1ccc(C(C)NCc2cccc(C#N)c2)cc1OC. The maximum Gasteiger partial charge on any atom is 0.161 e. The summed E-state index contributed by atoms with van der Waals surface area (Å²) in [6.45, 7) is 3.79. The molecule has 0 fully saturated rings. The summed E-state index contributed by atoms with van der Waals surface area (Å²) >= 11 is 0. The van der Waals surface area contributed by atoms with E-state index in [1.165, 1.54) is 0 Å². The van der Waals surface area contributed by atoms with Crippen LogP contribution < -0.4 is 14.8 Å². The zero-order valence-electron chi connectivity index (χ0n) is 14.9. The van der Waals surface area contributed by atoms with Gasteiger partial charge in [0.15, 0.2) is 11.5 Å². The molecule has 25 heavy (non-hydrogen) atoms. The van der Waals surface area contributed by atoms with Crippen LogP contribution in [0.1, 0.15) is 29.7 Å². The second kappa shape index (κ2) is 9.67. The van der Waals surface area contributed by atoms with E-state index in [1.807, 2.05) is 36.4 Å². The van der Waals surface area contributed by atoms with Gasteiger partial charge in [0.25, 0.3) is 0 Å². The molecule has 2 aromatic carbocycles. The molecule has 2 aromatic rings. The summed E-state index contributed by atoms with van der Waals surface area (Å²) in [7, 11) is 3.27. The zero-order chi connectivity index (χ0) is 18.1. The maximum atomic E-state index is 8.97. The summed E-state index contributed by atoms with van der Waals surface area (Å²) in [5, 5.41) is 12.4. The largest absolute Gasteiger partial charge is 0.493 e. The van der Waals surface area contributed by atoms with E-state index in [9.17, 15) is 0 Å². The van der Waals surface area contributed by atoms with Gasteiger partial charge in [0.2, 0.25) is 0 Å². The molecule has 0 heterocycles. The second-order valence-electron chi connectivity index (χ2n) is 5.67. The van der Waals surface area contributed by atoms with Crippen molar-refractivity contribution in [2.45, 2.75) is 19.5 Å². The van der Waals surface area contributed by atoms with Crippen molar-refractivity contribution >= 4 is 0 Å². The average molecular weight is 340 g/mol. The molecule has 0 aromatic heterocycles. The van der Waals surface area contributed by atoms with Gasteiger partial charge in [-0.15, -0.1) is 0 Å². The maximum absolute atomic E-state index is 8.97. The number of hydrogen-bond acceptors (Lipinski definition) is 5. The Bertz CT molecular complexity index is 725. The van der Waals surface area contributed by atoms with E-state index >= 15 is 0 Å². The number of ether oxygens (including phenoxy) is 3. The van der Waals surface area contributed by atoms with Crippen molar-refractivity contribution in [1.29, 1.82) is 5.26 Å². The predicted molar refractivity (Wildman–Crippen MR) is 96.8 cm³/mol. The first-order valence-electron chi connectivity index (χ1n) is 8.20. The number of hydrogen-bond donors (Lipinski definition) is 1. The van der Waals surface area contributed by atoms with Gasteiger partial charge in [-0.1, -0.05) is 18.2 Å². The quantitative estimate of drug-likeness (QED) is 0.709. The van der Waals surface area contributed by atoms with Crippen molar-refractivity contribution in [2.24, 2.45) is 0 Å². The second-order valence-corrected chi connectivity index (χ2v) is 5.67. The van der Waals surface area contributed by atoms with Crippen LogP contribution >= 0.6 is 0 Å². The fourth-order valence-electron chi connectivity index (χ4n) is 2.45. The van der Waals surface area contributed by atoms with Gasteiger partial charge in [-0.25, -0.2) is 0 Å².